The Kier molecular flexibility index (Phi) is 6.71. The number of benzene rings is 3. The van der Waals surface area contributed by atoms with E-state index < -0.39 is 11.4 Å². The first-order chi connectivity index (χ1) is 17.3. The zero-order valence-corrected chi connectivity index (χ0v) is 21.4. The van der Waals surface area contributed by atoms with E-state index in [1.54, 1.807) is 12.1 Å². The molecule has 5 nitrogen and oxygen atoms in total. The van der Waals surface area contributed by atoms with Gasteiger partial charge in [0.25, 0.3) is 0 Å². The molecule has 0 spiro atoms. The second-order valence-corrected chi connectivity index (χ2v) is 10.6. The Bertz CT molecular complexity index is 1330. The molecule has 5 rings (SSSR count). The van der Waals surface area contributed by atoms with E-state index in [0.717, 1.165) is 24.0 Å². The predicted molar refractivity (Wildman–Crippen MR) is 139 cm³/mol. The number of hydrogen-bond acceptors (Lipinski definition) is 4. The number of carboxylic acid groups (broad SMARTS) is 1. The summed E-state index contributed by atoms with van der Waals surface area (Å²) in [6, 6.07) is 15.5. The zero-order chi connectivity index (χ0) is 25.4. The number of carbonyl (C=O) groups is 2. The molecule has 0 aromatic heterocycles. The molecule has 2 aliphatic rings. The Morgan fingerprint density at radius 3 is 2.44 bits per heavy atom. The Hall–Kier alpha value is -3.02. The fourth-order valence-corrected chi connectivity index (χ4v) is 5.96. The Labute approximate surface area is 219 Å². The molecule has 0 amide bonds. The van der Waals surface area contributed by atoms with Crippen molar-refractivity contribution < 1.29 is 24.2 Å². The van der Waals surface area contributed by atoms with Crippen molar-refractivity contribution in [2.45, 2.75) is 45.6 Å². The van der Waals surface area contributed by atoms with Gasteiger partial charge >= 0.3 is 5.97 Å². The summed E-state index contributed by atoms with van der Waals surface area (Å²) in [4.78, 5) is 24.4. The molecule has 0 aliphatic heterocycles. The number of Topliss-reactive ketones (excluding diaryl/α,β-unsaturated/α-hetero) is 1. The van der Waals surface area contributed by atoms with E-state index in [0.29, 0.717) is 35.2 Å². The first-order valence-corrected chi connectivity index (χ1v) is 12.8. The predicted octanol–water partition coefficient (Wildman–Crippen LogP) is 8.00. The number of carbonyl (C=O) groups excluding carboxylic acids is 1. The van der Waals surface area contributed by atoms with Crippen LogP contribution in [0, 0.1) is 11.3 Å². The lowest BCUT2D eigenvalue weighted by molar-refractivity contribution is 0.0695. The fraction of sp³-hybridized carbons (Fsp3) is 0.310. The highest BCUT2D eigenvalue weighted by Gasteiger charge is 2.49. The molecule has 186 valence electrons. The zero-order valence-electron chi connectivity index (χ0n) is 19.9. The number of ketones is 1. The average Bonchev–Trinajstić information content (AvgIpc) is 3.49. The van der Waals surface area contributed by atoms with E-state index in [4.69, 9.17) is 37.8 Å². The van der Waals surface area contributed by atoms with Crippen LogP contribution >= 0.6 is 23.2 Å². The van der Waals surface area contributed by atoms with Gasteiger partial charge < -0.3 is 14.6 Å². The smallest absolute Gasteiger partial charge is 0.335 e. The number of carboxylic acids is 1. The largest absolute Gasteiger partial charge is 0.487 e. The van der Waals surface area contributed by atoms with Crippen LogP contribution in [0.5, 0.6) is 17.2 Å². The summed E-state index contributed by atoms with van der Waals surface area (Å²) in [5.74, 6) is 1.07. The molecule has 1 unspecified atom stereocenters. The number of ether oxygens (including phenoxy) is 2. The van der Waals surface area contributed by atoms with Crippen LogP contribution < -0.4 is 9.47 Å². The van der Waals surface area contributed by atoms with Gasteiger partial charge in [-0.1, -0.05) is 55.1 Å². The summed E-state index contributed by atoms with van der Waals surface area (Å²) in [5, 5.41) is 9.57. The quantitative estimate of drug-likeness (QED) is 0.338. The monoisotopic (exact) mass is 524 g/mol. The minimum atomic E-state index is -0.987. The lowest BCUT2D eigenvalue weighted by Gasteiger charge is -2.29. The summed E-state index contributed by atoms with van der Waals surface area (Å²) in [5.41, 5.74) is 2.07. The topological polar surface area (TPSA) is 72.8 Å². The van der Waals surface area contributed by atoms with Crippen LogP contribution in [0.3, 0.4) is 0 Å². The van der Waals surface area contributed by atoms with Gasteiger partial charge in [-0.05, 0) is 78.8 Å². The fourth-order valence-electron chi connectivity index (χ4n) is 5.46. The number of rotatable bonds is 7. The van der Waals surface area contributed by atoms with E-state index in [2.05, 4.69) is 6.92 Å². The lowest BCUT2D eigenvalue weighted by atomic mass is 9.73. The van der Waals surface area contributed by atoms with Crippen molar-refractivity contribution in [1.29, 1.82) is 0 Å². The molecular weight excluding hydrogens is 499 g/mol. The first kappa shape index (κ1) is 24.7. The highest BCUT2D eigenvalue weighted by Crippen LogP contribution is 2.52. The van der Waals surface area contributed by atoms with Crippen molar-refractivity contribution in [1.82, 2.24) is 0 Å². The summed E-state index contributed by atoms with van der Waals surface area (Å²) >= 11 is 13.2. The van der Waals surface area contributed by atoms with Gasteiger partial charge in [0.1, 0.15) is 28.9 Å². The van der Waals surface area contributed by atoms with Gasteiger partial charge in [-0.25, -0.2) is 4.79 Å². The van der Waals surface area contributed by atoms with Crippen LogP contribution in [0.4, 0.5) is 0 Å². The Morgan fingerprint density at radius 2 is 1.75 bits per heavy atom. The van der Waals surface area contributed by atoms with Crippen molar-refractivity contribution in [2.75, 3.05) is 0 Å². The van der Waals surface area contributed by atoms with E-state index in [-0.39, 0.29) is 28.0 Å². The van der Waals surface area contributed by atoms with Crippen LogP contribution in [-0.4, -0.2) is 16.9 Å². The Morgan fingerprint density at radius 1 is 1.03 bits per heavy atom. The molecule has 1 saturated carbocycles. The van der Waals surface area contributed by atoms with Gasteiger partial charge in [0.15, 0.2) is 5.78 Å². The summed E-state index contributed by atoms with van der Waals surface area (Å²) in [7, 11) is 0. The SMILES string of the molecule is CC1(C2CCCC2)Cc2cc(OCc3cccc(Oc4ccc(C(=O)O)cc4)c3)c(Cl)c(Cl)c2C1=O. The van der Waals surface area contributed by atoms with Crippen molar-refractivity contribution in [2.24, 2.45) is 11.3 Å². The van der Waals surface area contributed by atoms with Crippen molar-refractivity contribution >= 4 is 35.0 Å². The maximum atomic E-state index is 13.4. The van der Waals surface area contributed by atoms with E-state index in [1.807, 2.05) is 30.3 Å². The molecule has 0 bridgehead atoms. The maximum Gasteiger partial charge on any atom is 0.335 e. The van der Waals surface area contributed by atoms with Crippen LogP contribution in [0.2, 0.25) is 10.0 Å². The minimum Gasteiger partial charge on any atom is -0.487 e. The second kappa shape index (κ2) is 9.79. The van der Waals surface area contributed by atoms with Gasteiger partial charge in [-0.3, -0.25) is 4.79 Å². The third-order valence-corrected chi connectivity index (χ3v) is 8.29. The molecular formula is C29H26Cl2O5. The third-order valence-electron chi connectivity index (χ3n) is 7.44. The van der Waals surface area contributed by atoms with Gasteiger partial charge in [-0.15, -0.1) is 0 Å². The van der Waals surface area contributed by atoms with E-state index in [1.165, 1.54) is 25.0 Å². The van der Waals surface area contributed by atoms with Gasteiger partial charge in [0.2, 0.25) is 0 Å². The van der Waals surface area contributed by atoms with E-state index in [9.17, 15) is 9.59 Å². The molecule has 3 aromatic carbocycles. The van der Waals surface area contributed by atoms with Gasteiger partial charge in [0.05, 0.1) is 10.6 Å². The normalized spacial score (nSPS) is 19.4. The summed E-state index contributed by atoms with van der Waals surface area (Å²) in [6.45, 7) is 2.30. The Balaban J connectivity index is 1.31. The highest BCUT2D eigenvalue weighted by atomic mass is 35.5. The second-order valence-electron chi connectivity index (χ2n) is 9.81. The molecule has 2 aliphatic carbocycles. The first-order valence-electron chi connectivity index (χ1n) is 12.0. The molecule has 0 radical (unpaired) electrons. The molecule has 1 N–H and O–H groups in total. The number of halogens is 2. The number of hydrogen-bond donors (Lipinski definition) is 1. The molecule has 0 saturated heterocycles. The van der Waals surface area contributed by atoms with Gasteiger partial charge in [0, 0.05) is 11.0 Å². The molecule has 1 fully saturated rings. The average molecular weight is 525 g/mol. The van der Waals surface area contributed by atoms with Crippen molar-refractivity contribution in [3.63, 3.8) is 0 Å². The standard InChI is InChI=1S/C29H26Cl2O5/c1-29(20-6-2-3-7-20)15-19-14-23(25(30)26(31)24(19)27(29)32)35-16-17-5-4-8-22(13-17)36-21-11-9-18(10-12-21)28(33)34/h4-5,8-14,20H,2-3,6-7,15-16H2,1H3,(H,33,34). The molecule has 36 heavy (non-hydrogen) atoms. The van der Waals surface area contributed by atoms with E-state index >= 15 is 0 Å². The highest BCUT2D eigenvalue weighted by molar-refractivity contribution is 6.45. The van der Waals surface area contributed by atoms with Crippen molar-refractivity contribution in [3.05, 3.63) is 86.9 Å². The molecule has 1 atom stereocenters. The number of aromatic carboxylic acids is 1. The van der Waals surface area contributed by atoms with Crippen LogP contribution in [0.1, 0.15) is 64.4 Å². The molecule has 3 aromatic rings. The van der Waals surface area contributed by atoms with Gasteiger partial charge in [-0.2, -0.15) is 0 Å². The van der Waals surface area contributed by atoms with Crippen LogP contribution in [0.15, 0.2) is 54.6 Å². The lowest BCUT2D eigenvalue weighted by Crippen LogP contribution is -2.32. The van der Waals surface area contributed by atoms with Crippen molar-refractivity contribution in [3.8, 4) is 17.2 Å². The minimum absolute atomic E-state index is 0.101. The molecule has 7 heteroatoms. The summed E-state index contributed by atoms with van der Waals surface area (Å²) in [6.07, 6.45) is 5.15. The third kappa shape index (κ3) is 4.58. The van der Waals surface area contributed by atoms with Crippen LogP contribution in [0.25, 0.3) is 0 Å². The maximum absolute atomic E-state index is 13.4. The summed E-state index contributed by atoms with van der Waals surface area (Å²) < 4.78 is 11.9. The van der Waals surface area contributed by atoms with Crippen LogP contribution in [-0.2, 0) is 13.0 Å². The molecule has 0 heterocycles. The number of fused-ring (bicyclic) bond motifs is 1.